The molecule has 9 nitrogen and oxygen atoms in total. The Morgan fingerprint density at radius 3 is 2.24 bits per heavy atom. The fraction of sp³-hybridized carbons (Fsp3) is 0.292. The van der Waals surface area contributed by atoms with Gasteiger partial charge in [-0.15, -0.1) is 0 Å². The van der Waals surface area contributed by atoms with E-state index in [2.05, 4.69) is 11.1 Å². The quantitative estimate of drug-likeness (QED) is 0.309. The highest BCUT2D eigenvalue weighted by molar-refractivity contribution is 5.98. The van der Waals surface area contributed by atoms with Crippen LogP contribution in [0.1, 0.15) is 48.7 Å². The van der Waals surface area contributed by atoms with E-state index in [4.69, 9.17) is 16.7 Å². The van der Waals surface area contributed by atoms with Crippen molar-refractivity contribution in [1.29, 1.82) is 5.26 Å². The Morgan fingerprint density at radius 2 is 1.73 bits per heavy atom. The largest absolute Gasteiger partial charge is 0.397 e. The van der Waals surface area contributed by atoms with Crippen LogP contribution in [0.4, 0.5) is 17.1 Å². The Balaban J connectivity index is 0.000000234. The monoisotopic (exact) mass is 449 g/mol. The number of carbonyl (C=O) groups excluding carboxylic acids is 1. The van der Waals surface area contributed by atoms with Gasteiger partial charge in [0.15, 0.2) is 0 Å². The number of hydrogen-bond acceptors (Lipinski definition) is 7. The Bertz CT molecular complexity index is 1380. The molecule has 0 bridgehead atoms. The second-order valence-electron chi connectivity index (χ2n) is 8.39. The van der Waals surface area contributed by atoms with Gasteiger partial charge in [-0.3, -0.25) is 19.7 Å². The van der Waals surface area contributed by atoms with Crippen LogP contribution >= 0.6 is 0 Å². The highest BCUT2D eigenvalue weighted by Gasteiger charge is 2.29. The number of rotatable bonds is 3. The van der Waals surface area contributed by atoms with Crippen molar-refractivity contribution in [3.05, 3.63) is 72.7 Å². The zero-order chi connectivity index (χ0) is 25.2. The summed E-state index contributed by atoms with van der Waals surface area (Å²) < 4.78 is 0. The molecule has 0 fully saturated rings. The summed E-state index contributed by atoms with van der Waals surface area (Å²) in [6.07, 6.45) is 0. The molecule has 0 spiro atoms. The number of ketones is 1. The van der Waals surface area contributed by atoms with Crippen molar-refractivity contribution in [2.24, 2.45) is 0 Å². The lowest BCUT2D eigenvalue weighted by atomic mass is 9.78. The number of pyridine rings is 1. The number of nitrogens with zero attached hydrogens (tertiary/aromatic N) is 2. The summed E-state index contributed by atoms with van der Waals surface area (Å²) in [4.78, 5) is 36.1. The van der Waals surface area contributed by atoms with Gasteiger partial charge in [-0.1, -0.05) is 12.1 Å². The molecular formula is C24H27N5O4. The third-order valence-electron chi connectivity index (χ3n) is 6.04. The molecule has 3 aromatic rings. The molecular weight excluding hydrogens is 422 g/mol. The fourth-order valence-corrected chi connectivity index (χ4v) is 3.41. The number of carbonyl (C=O) groups is 1. The van der Waals surface area contributed by atoms with Gasteiger partial charge in [0.2, 0.25) is 0 Å². The number of nitrogens with one attached hydrogen (secondary N) is 1. The number of nitro groups is 1. The first kappa shape index (κ1) is 25.1. The van der Waals surface area contributed by atoms with Gasteiger partial charge in [-0.05, 0) is 69.7 Å². The second kappa shape index (κ2) is 9.12. The van der Waals surface area contributed by atoms with Crippen LogP contribution in [0.3, 0.4) is 0 Å². The number of nitro benzene ring substituents is 1. The van der Waals surface area contributed by atoms with E-state index in [1.807, 2.05) is 26.0 Å². The van der Waals surface area contributed by atoms with Gasteiger partial charge in [-0.25, -0.2) is 0 Å². The highest BCUT2D eigenvalue weighted by atomic mass is 16.6. The summed E-state index contributed by atoms with van der Waals surface area (Å²) in [5.74, 6) is 0.0206. The maximum atomic E-state index is 11.8. The summed E-state index contributed by atoms with van der Waals surface area (Å²) in [6, 6.07) is 8.62. The molecule has 1 aromatic heterocycles. The van der Waals surface area contributed by atoms with E-state index >= 15 is 0 Å². The number of fused-ring (bicyclic) bond motifs is 1. The molecule has 0 aliphatic rings. The van der Waals surface area contributed by atoms with Gasteiger partial charge in [-0.2, -0.15) is 5.26 Å². The van der Waals surface area contributed by atoms with Crippen molar-refractivity contribution in [3.63, 3.8) is 0 Å². The van der Waals surface area contributed by atoms with E-state index in [0.29, 0.717) is 22.2 Å². The summed E-state index contributed by atoms with van der Waals surface area (Å²) >= 11 is 0. The third kappa shape index (κ3) is 4.55. The molecule has 9 heteroatoms. The molecule has 0 saturated heterocycles. The van der Waals surface area contributed by atoms with Crippen LogP contribution in [-0.4, -0.2) is 15.7 Å². The molecule has 2 aromatic carbocycles. The van der Waals surface area contributed by atoms with Gasteiger partial charge in [0.05, 0.1) is 21.6 Å². The van der Waals surface area contributed by atoms with Crippen LogP contribution in [-0.2, 0) is 10.2 Å². The minimum Gasteiger partial charge on any atom is -0.397 e. The van der Waals surface area contributed by atoms with Gasteiger partial charge < -0.3 is 16.5 Å². The molecule has 1 heterocycles. The number of anilines is 2. The minimum atomic E-state index is -0.674. The van der Waals surface area contributed by atoms with Crippen LogP contribution in [0.25, 0.3) is 10.8 Å². The molecule has 0 unspecified atom stereocenters. The first-order valence-corrected chi connectivity index (χ1v) is 10.1. The lowest BCUT2D eigenvalue weighted by molar-refractivity contribution is -0.383. The van der Waals surface area contributed by atoms with Crippen LogP contribution < -0.4 is 17.0 Å². The molecule has 0 aliphatic carbocycles. The third-order valence-corrected chi connectivity index (χ3v) is 6.04. The van der Waals surface area contributed by atoms with E-state index in [1.165, 1.54) is 13.0 Å². The number of aromatic amines is 1. The predicted molar refractivity (Wildman–Crippen MR) is 129 cm³/mol. The molecule has 0 atom stereocenters. The van der Waals surface area contributed by atoms with Crippen molar-refractivity contribution in [1.82, 2.24) is 4.98 Å². The number of hydrogen-bond donors (Lipinski definition) is 3. The number of nitrogen functional groups attached to an aromatic ring is 2. The van der Waals surface area contributed by atoms with Crippen molar-refractivity contribution in [2.75, 3.05) is 11.5 Å². The SMILES string of the molecule is CC(=O)C(C)(C)c1ccc(C)c(N)c1C#N.Cc1[nH]c(=O)c2c(N)c([N+](=O)[O-])ccc2c1C. The molecule has 0 saturated carbocycles. The molecule has 5 N–H and O–H groups in total. The molecule has 3 rings (SSSR count). The number of aromatic nitrogens is 1. The number of benzene rings is 2. The summed E-state index contributed by atoms with van der Waals surface area (Å²) in [5.41, 5.74) is 14.2. The van der Waals surface area contributed by atoms with Crippen molar-refractivity contribution >= 4 is 33.6 Å². The molecule has 172 valence electrons. The van der Waals surface area contributed by atoms with Gasteiger partial charge in [0.1, 0.15) is 17.5 Å². The fourth-order valence-electron chi connectivity index (χ4n) is 3.41. The molecule has 33 heavy (non-hydrogen) atoms. The number of nitrogens with two attached hydrogens (primary N) is 2. The van der Waals surface area contributed by atoms with Gasteiger partial charge in [0.25, 0.3) is 11.2 Å². The number of nitriles is 1. The Morgan fingerprint density at radius 1 is 1.12 bits per heavy atom. The Kier molecular flexibility index (Phi) is 6.93. The molecule has 0 amide bonds. The summed E-state index contributed by atoms with van der Waals surface area (Å²) in [7, 11) is 0. The number of Topliss-reactive ketones (excluding diaryl/α,β-unsaturated/α-hetero) is 1. The zero-order valence-electron chi connectivity index (χ0n) is 19.5. The lowest BCUT2D eigenvalue weighted by Gasteiger charge is -2.24. The molecule has 0 aliphatic heterocycles. The van der Waals surface area contributed by atoms with Crippen molar-refractivity contribution in [2.45, 2.75) is 47.0 Å². The Labute approximate surface area is 191 Å². The minimum absolute atomic E-state index is 0.0206. The van der Waals surface area contributed by atoms with E-state index in [9.17, 15) is 19.7 Å². The first-order valence-electron chi connectivity index (χ1n) is 10.1. The second-order valence-corrected chi connectivity index (χ2v) is 8.39. The first-order chi connectivity index (χ1) is 15.2. The predicted octanol–water partition coefficient (Wildman–Crippen LogP) is 3.95. The molecule has 0 radical (unpaired) electrons. The standard InChI is InChI=1S/C13H16N2O.C11H11N3O3/c1-8-5-6-11(10(7-14)12(8)15)13(3,4)9(2)16;1-5-6(2)13-11(15)9-7(5)3-4-8(10(9)12)14(16)17/h5-6H,15H2,1-4H3;3-4H,12H2,1-2H3,(H,13,15). The van der Waals surface area contributed by atoms with Crippen molar-refractivity contribution < 1.29 is 9.72 Å². The maximum absolute atomic E-state index is 11.8. The van der Waals surface area contributed by atoms with Gasteiger partial charge in [0, 0.05) is 17.2 Å². The average molecular weight is 450 g/mol. The van der Waals surface area contributed by atoms with Crippen LogP contribution in [0.5, 0.6) is 0 Å². The normalized spacial score (nSPS) is 10.8. The summed E-state index contributed by atoms with van der Waals surface area (Å²) in [6.45, 7) is 10.6. The zero-order valence-corrected chi connectivity index (χ0v) is 19.5. The Hall–Kier alpha value is -4.19. The van der Waals surface area contributed by atoms with E-state index in [-0.39, 0.29) is 22.5 Å². The smallest absolute Gasteiger partial charge is 0.292 e. The summed E-state index contributed by atoms with van der Waals surface area (Å²) in [5, 5.41) is 20.7. The van der Waals surface area contributed by atoms with Crippen molar-refractivity contribution in [3.8, 4) is 6.07 Å². The highest BCUT2D eigenvalue weighted by Crippen LogP contribution is 2.32. The lowest BCUT2D eigenvalue weighted by Crippen LogP contribution is -2.28. The van der Waals surface area contributed by atoms with E-state index in [0.717, 1.165) is 16.8 Å². The van der Waals surface area contributed by atoms with Crippen LogP contribution in [0.2, 0.25) is 0 Å². The van der Waals surface area contributed by atoms with Crippen LogP contribution in [0, 0.1) is 42.2 Å². The van der Waals surface area contributed by atoms with Crippen LogP contribution in [0.15, 0.2) is 29.1 Å². The average Bonchev–Trinajstić information content (AvgIpc) is 2.73. The topological polar surface area (TPSA) is 169 Å². The number of aryl methyl sites for hydroxylation is 3. The van der Waals surface area contributed by atoms with E-state index in [1.54, 1.807) is 26.8 Å². The van der Waals surface area contributed by atoms with E-state index < -0.39 is 15.9 Å². The maximum Gasteiger partial charge on any atom is 0.292 e. The van der Waals surface area contributed by atoms with Gasteiger partial charge >= 0.3 is 0 Å². The number of H-pyrrole nitrogens is 1.